The van der Waals surface area contributed by atoms with E-state index in [1.54, 1.807) is 24.1 Å². The van der Waals surface area contributed by atoms with Gasteiger partial charge in [-0.15, -0.1) is 0 Å². The zero-order valence-electron chi connectivity index (χ0n) is 18.6. The lowest BCUT2D eigenvalue weighted by molar-refractivity contribution is 0.155. The van der Waals surface area contributed by atoms with Crippen molar-refractivity contribution in [1.82, 2.24) is 4.90 Å². The van der Waals surface area contributed by atoms with Gasteiger partial charge < -0.3 is 14.4 Å². The van der Waals surface area contributed by atoms with Gasteiger partial charge in [-0.2, -0.15) is 0 Å². The summed E-state index contributed by atoms with van der Waals surface area (Å²) in [5.74, 6) is 0.777. The number of carbonyl (C=O) groups is 2. The third-order valence-electron chi connectivity index (χ3n) is 5.46. The molecule has 170 valence electrons. The lowest BCUT2D eigenvalue weighted by Crippen LogP contribution is -2.49. The van der Waals surface area contributed by atoms with E-state index in [2.05, 4.69) is 5.32 Å². The summed E-state index contributed by atoms with van der Waals surface area (Å²) in [6, 6.07) is 24.4. The van der Waals surface area contributed by atoms with E-state index in [1.165, 1.54) is 0 Å². The summed E-state index contributed by atoms with van der Waals surface area (Å²) in [6.07, 6.45) is 0.353. The lowest BCUT2D eigenvalue weighted by atomic mass is 10.1. The zero-order valence-corrected chi connectivity index (χ0v) is 18.6. The first-order valence-corrected chi connectivity index (χ1v) is 10.9. The first-order chi connectivity index (χ1) is 16.1. The predicted molar refractivity (Wildman–Crippen MR) is 127 cm³/mol. The Kier molecular flexibility index (Phi) is 7.09. The van der Waals surface area contributed by atoms with Crippen molar-refractivity contribution in [3.8, 4) is 5.75 Å². The molecule has 1 heterocycles. The molecule has 1 saturated heterocycles. The third-order valence-corrected chi connectivity index (χ3v) is 5.46. The van der Waals surface area contributed by atoms with Crippen LogP contribution in [0.1, 0.15) is 17.5 Å². The fraction of sp³-hybridized carbons (Fsp3) is 0.231. The summed E-state index contributed by atoms with van der Waals surface area (Å²) in [5, 5.41) is 2.72. The number of methoxy groups -OCH3 is 1. The Bertz CT molecular complexity index is 1090. The molecule has 0 unspecified atom stereocenters. The maximum atomic E-state index is 13.1. The highest BCUT2D eigenvalue weighted by molar-refractivity contribution is 5.93. The molecule has 0 aliphatic carbocycles. The van der Waals surface area contributed by atoms with Crippen molar-refractivity contribution in [2.24, 2.45) is 0 Å². The van der Waals surface area contributed by atoms with Crippen LogP contribution in [0.5, 0.6) is 5.75 Å². The Morgan fingerprint density at radius 1 is 0.939 bits per heavy atom. The molecule has 7 nitrogen and oxygen atoms in total. The number of ether oxygens (including phenoxy) is 2. The van der Waals surface area contributed by atoms with E-state index in [0.717, 1.165) is 29.0 Å². The van der Waals surface area contributed by atoms with Crippen LogP contribution in [-0.4, -0.2) is 37.2 Å². The number of hydrogen-bond acceptors (Lipinski definition) is 4. The van der Waals surface area contributed by atoms with Crippen LogP contribution in [0.3, 0.4) is 0 Å². The maximum Gasteiger partial charge on any atom is 0.411 e. The second-order valence-corrected chi connectivity index (χ2v) is 7.79. The van der Waals surface area contributed by atoms with Crippen molar-refractivity contribution in [1.29, 1.82) is 0 Å². The summed E-state index contributed by atoms with van der Waals surface area (Å²) in [6.45, 7) is 2.09. The van der Waals surface area contributed by atoms with E-state index in [0.29, 0.717) is 25.3 Å². The molecule has 0 aromatic heterocycles. The van der Waals surface area contributed by atoms with Gasteiger partial charge in [-0.25, -0.2) is 9.59 Å². The first kappa shape index (κ1) is 22.2. The summed E-state index contributed by atoms with van der Waals surface area (Å²) in [4.78, 5) is 28.8. The van der Waals surface area contributed by atoms with Gasteiger partial charge in [0.2, 0.25) is 0 Å². The average Bonchev–Trinajstić information content (AvgIpc) is 2.85. The van der Waals surface area contributed by atoms with Gasteiger partial charge in [0.25, 0.3) is 0 Å². The van der Waals surface area contributed by atoms with Crippen molar-refractivity contribution in [3.63, 3.8) is 0 Å². The fourth-order valence-electron chi connectivity index (χ4n) is 3.76. The predicted octanol–water partition coefficient (Wildman–Crippen LogP) is 5.28. The van der Waals surface area contributed by atoms with E-state index >= 15 is 0 Å². The molecule has 4 rings (SSSR count). The topological polar surface area (TPSA) is 71.1 Å². The molecule has 3 aromatic carbocycles. The molecule has 1 aliphatic rings. The minimum Gasteiger partial charge on any atom is -0.497 e. The van der Waals surface area contributed by atoms with Crippen molar-refractivity contribution in [3.05, 3.63) is 90.0 Å². The smallest absolute Gasteiger partial charge is 0.411 e. The van der Waals surface area contributed by atoms with Gasteiger partial charge in [-0.3, -0.25) is 10.2 Å². The standard InChI is InChI=1S/C26H27N3O4/c1-32-24-10-5-9-21(17-24)18-28-15-6-16-29(26(28)31)23-13-11-22(12-14-23)27-25(30)33-19-20-7-3-2-4-8-20/h2-5,7-14,17H,6,15-16,18-19H2,1H3,(H,27,30). The highest BCUT2D eigenvalue weighted by atomic mass is 16.5. The molecule has 0 bridgehead atoms. The van der Waals surface area contributed by atoms with E-state index in [4.69, 9.17) is 9.47 Å². The van der Waals surface area contributed by atoms with Crippen molar-refractivity contribution >= 4 is 23.5 Å². The third kappa shape index (κ3) is 5.83. The van der Waals surface area contributed by atoms with Crippen molar-refractivity contribution < 1.29 is 19.1 Å². The molecule has 33 heavy (non-hydrogen) atoms. The molecule has 0 spiro atoms. The van der Waals surface area contributed by atoms with Gasteiger partial charge in [0, 0.05) is 31.0 Å². The maximum absolute atomic E-state index is 13.1. The Hall–Kier alpha value is -4.00. The van der Waals surface area contributed by atoms with Gasteiger partial charge in [0.05, 0.1) is 7.11 Å². The number of hydrogen-bond donors (Lipinski definition) is 1. The van der Waals surface area contributed by atoms with Gasteiger partial charge >= 0.3 is 12.1 Å². The monoisotopic (exact) mass is 445 g/mol. The van der Waals surface area contributed by atoms with Crippen LogP contribution in [0, 0.1) is 0 Å². The molecule has 7 heteroatoms. The van der Waals surface area contributed by atoms with Crippen LogP contribution < -0.4 is 15.0 Å². The molecule has 0 saturated carbocycles. The van der Waals surface area contributed by atoms with Gasteiger partial charge in [-0.1, -0.05) is 42.5 Å². The highest BCUT2D eigenvalue weighted by Crippen LogP contribution is 2.24. The summed E-state index contributed by atoms with van der Waals surface area (Å²) in [7, 11) is 1.63. The molecule has 1 fully saturated rings. The molecule has 0 radical (unpaired) electrons. The number of nitrogens with zero attached hydrogens (tertiary/aromatic N) is 2. The quantitative estimate of drug-likeness (QED) is 0.537. The lowest BCUT2D eigenvalue weighted by Gasteiger charge is -2.35. The van der Waals surface area contributed by atoms with Crippen molar-refractivity contribution in [2.45, 2.75) is 19.6 Å². The van der Waals surface area contributed by atoms with Gasteiger partial charge in [-0.05, 0) is 53.9 Å². The first-order valence-electron chi connectivity index (χ1n) is 10.9. The van der Waals surface area contributed by atoms with Crippen molar-refractivity contribution in [2.75, 3.05) is 30.4 Å². The van der Waals surface area contributed by atoms with Gasteiger partial charge in [0.1, 0.15) is 12.4 Å². The number of anilines is 2. The van der Waals surface area contributed by atoms with Crippen LogP contribution in [0.25, 0.3) is 0 Å². The number of nitrogens with one attached hydrogen (secondary N) is 1. The van der Waals surface area contributed by atoms with Gasteiger partial charge in [0.15, 0.2) is 0 Å². The number of carbonyl (C=O) groups excluding carboxylic acids is 2. The highest BCUT2D eigenvalue weighted by Gasteiger charge is 2.26. The SMILES string of the molecule is COc1cccc(CN2CCCN(c3ccc(NC(=O)OCc4ccccc4)cc3)C2=O)c1. The van der Waals surface area contributed by atoms with Crippen LogP contribution in [0.2, 0.25) is 0 Å². The summed E-state index contributed by atoms with van der Waals surface area (Å²) < 4.78 is 10.5. The normalized spacial score (nSPS) is 13.5. The van der Waals surface area contributed by atoms with Crippen LogP contribution >= 0.6 is 0 Å². The second-order valence-electron chi connectivity index (χ2n) is 7.79. The minimum atomic E-state index is -0.523. The summed E-state index contributed by atoms with van der Waals surface area (Å²) in [5.41, 5.74) is 3.34. The number of urea groups is 1. The Morgan fingerprint density at radius 2 is 1.70 bits per heavy atom. The number of amides is 3. The van der Waals surface area contributed by atoms with Crippen LogP contribution in [0.15, 0.2) is 78.9 Å². The molecular formula is C26H27N3O4. The Labute approximate surface area is 193 Å². The average molecular weight is 446 g/mol. The van der Waals surface area contributed by atoms with E-state index in [1.807, 2.05) is 71.6 Å². The second kappa shape index (κ2) is 10.5. The molecule has 1 N–H and O–H groups in total. The minimum absolute atomic E-state index is 0.0351. The number of benzene rings is 3. The van der Waals surface area contributed by atoms with E-state index < -0.39 is 6.09 Å². The molecule has 1 aliphatic heterocycles. The molecule has 3 amide bonds. The van der Waals surface area contributed by atoms with E-state index in [-0.39, 0.29) is 12.6 Å². The zero-order chi connectivity index (χ0) is 23.0. The molecular weight excluding hydrogens is 418 g/mol. The number of rotatable bonds is 7. The molecule has 0 atom stereocenters. The fourth-order valence-corrected chi connectivity index (χ4v) is 3.76. The largest absolute Gasteiger partial charge is 0.497 e. The van der Waals surface area contributed by atoms with E-state index in [9.17, 15) is 9.59 Å². The van der Waals surface area contributed by atoms with Crippen LogP contribution in [0.4, 0.5) is 21.0 Å². The molecule has 3 aromatic rings. The Morgan fingerprint density at radius 3 is 2.45 bits per heavy atom. The summed E-state index contributed by atoms with van der Waals surface area (Å²) >= 11 is 0. The Balaban J connectivity index is 1.34. The van der Waals surface area contributed by atoms with Crippen LogP contribution in [-0.2, 0) is 17.9 Å².